The molecular weight excluding hydrogens is 326 g/mol. The minimum Gasteiger partial charge on any atom is -0.419 e. The molecule has 2 N–H and O–H groups in total. The number of anilines is 1. The number of ether oxygens (including phenoxy) is 1. The summed E-state index contributed by atoms with van der Waals surface area (Å²) in [6.45, 7) is 0. The van der Waals surface area contributed by atoms with Crippen molar-refractivity contribution in [1.29, 1.82) is 0 Å². The van der Waals surface area contributed by atoms with E-state index in [9.17, 15) is 9.90 Å². The van der Waals surface area contributed by atoms with Crippen LogP contribution in [0.15, 0.2) is 90.6 Å². The summed E-state index contributed by atoms with van der Waals surface area (Å²) in [4.78, 5) is 12.8. The third-order valence-corrected chi connectivity index (χ3v) is 4.30. The third kappa shape index (κ3) is 2.87. The van der Waals surface area contributed by atoms with Gasteiger partial charge in [0.05, 0.1) is 5.56 Å². The van der Waals surface area contributed by atoms with Crippen molar-refractivity contribution in [2.24, 2.45) is 0 Å². The van der Waals surface area contributed by atoms with Gasteiger partial charge < -0.3 is 15.2 Å². The van der Waals surface area contributed by atoms with Gasteiger partial charge in [-0.15, -0.1) is 0 Å². The molecule has 1 aliphatic heterocycles. The van der Waals surface area contributed by atoms with Crippen LogP contribution < -0.4 is 5.32 Å². The average molecular weight is 343 g/mol. The molecule has 0 aliphatic carbocycles. The van der Waals surface area contributed by atoms with Gasteiger partial charge in [0.2, 0.25) is 0 Å². The standard InChI is InChI=1S/C22H17NO3/c24-21-20(15-16-9-3-1-4-10-16)23-19-14-8-7-13-18(19)22(25,26-21)17-11-5-2-6-12-17/h1-15,23,25H/b20-15+/t22-/m0/s1. The highest BCUT2D eigenvalue weighted by molar-refractivity contribution is 5.98. The van der Waals surface area contributed by atoms with Crippen LogP contribution in [0.5, 0.6) is 0 Å². The van der Waals surface area contributed by atoms with Crippen molar-refractivity contribution < 1.29 is 14.6 Å². The summed E-state index contributed by atoms with van der Waals surface area (Å²) >= 11 is 0. The lowest BCUT2D eigenvalue weighted by atomic mass is 9.96. The molecule has 0 radical (unpaired) electrons. The highest BCUT2D eigenvalue weighted by Gasteiger charge is 2.41. The molecule has 4 rings (SSSR count). The summed E-state index contributed by atoms with van der Waals surface area (Å²) in [5, 5.41) is 14.4. The quantitative estimate of drug-likeness (QED) is 0.547. The Morgan fingerprint density at radius 3 is 2.19 bits per heavy atom. The SMILES string of the molecule is O=C1O[C@@](O)(c2ccccc2)c2ccccc2N/C1=C/c1ccccc1. The van der Waals surface area contributed by atoms with E-state index in [1.807, 2.05) is 48.5 Å². The Labute approximate surface area is 151 Å². The Morgan fingerprint density at radius 2 is 1.46 bits per heavy atom. The molecule has 4 nitrogen and oxygen atoms in total. The van der Waals surface area contributed by atoms with Crippen LogP contribution in [0.4, 0.5) is 5.69 Å². The second kappa shape index (κ2) is 6.50. The number of cyclic esters (lactones) is 1. The van der Waals surface area contributed by atoms with Crippen molar-refractivity contribution in [2.45, 2.75) is 5.79 Å². The van der Waals surface area contributed by atoms with Gasteiger partial charge in [0.1, 0.15) is 5.70 Å². The fraction of sp³-hybridized carbons (Fsp3) is 0.0455. The second-order valence-corrected chi connectivity index (χ2v) is 6.04. The zero-order valence-electron chi connectivity index (χ0n) is 13.9. The normalized spacial score (nSPS) is 20.7. The number of carbonyl (C=O) groups is 1. The zero-order chi connectivity index (χ0) is 18.0. The molecule has 0 aromatic heterocycles. The van der Waals surface area contributed by atoms with E-state index in [-0.39, 0.29) is 5.70 Å². The van der Waals surface area contributed by atoms with Gasteiger partial charge in [-0.1, -0.05) is 72.8 Å². The molecule has 0 saturated heterocycles. The number of fused-ring (bicyclic) bond motifs is 1. The van der Waals surface area contributed by atoms with Crippen molar-refractivity contribution in [2.75, 3.05) is 5.32 Å². The van der Waals surface area contributed by atoms with Gasteiger partial charge in [-0.25, -0.2) is 4.79 Å². The van der Waals surface area contributed by atoms with Crippen LogP contribution in [0.3, 0.4) is 0 Å². The largest absolute Gasteiger partial charge is 0.419 e. The van der Waals surface area contributed by atoms with E-state index >= 15 is 0 Å². The van der Waals surface area contributed by atoms with E-state index in [0.717, 1.165) is 5.56 Å². The Hall–Kier alpha value is -3.37. The number of aliphatic hydroxyl groups is 1. The number of carbonyl (C=O) groups excluding carboxylic acids is 1. The third-order valence-electron chi connectivity index (χ3n) is 4.30. The molecule has 1 heterocycles. The molecule has 0 amide bonds. The van der Waals surface area contributed by atoms with Crippen LogP contribution >= 0.6 is 0 Å². The molecular formula is C22H17NO3. The lowest BCUT2D eigenvalue weighted by Crippen LogP contribution is -2.32. The maximum atomic E-state index is 12.8. The van der Waals surface area contributed by atoms with Crippen molar-refractivity contribution in [3.8, 4) is 0 Å². The van der Waals surface area contributed by atoms with Crippen molar-refractivity contribution >= 4 is 17.7 Å². The smallest absolute Gasteiger partial charge is 0.357 e. The number of hydrogen-bond acceptors (Lipinski definition) is 4. The van der Waals surface area contributed by atoms with Gasteiger partial charge in [-0.3, -0.25) is 0 Å². The molecule has 0 saturated carbocycles. The molecule has 0 spiro atoms. The molecule has 4 heteroatoms. The first kappa shape index (κ1) is 16.1. The number of rotatable bonds is 2. The maximum Gasteiger partial charge on any atom is 0.357 e. The van der Waals surface area contributed by atoms with Crippen LogP contribution in [-0.2, 0) is 15.3 Å². The summed E-state index contributed by atoms with van der Waals surface area (Å²) in [5.74, 6) is -2.50. The number of benzene rings is 3. The van der Waals surface area contributed by atoms with E-state index in [4.69, 9.17) is 4.74 Å². The fourth-order valence-electron chi connectivity index (χ4n) is 3.02. The van der Waals surface area contributed by atoms with Gasteiger partial charge in [0.15, 0.2) is 0 Å². The van der Waals surface area contributed by atoms with E-state index in [1.54, 1.807) is 42.5 Å². The van der Waals surface area contributed by atoms with Gasteiger partial charge in [0, 0.05) is 11.3 Å². The Morgan fingerprint density at radius 1 is 0.846 bits per heavy atom. The van der Waals surface area contributed by atoms with Crippen molar-refractivity contribution in [3.05, 3.63) is 107 Å². The van der Waals surface area contributed by atoms with Gasteiger partial charge in [0.25, 0.3) is 5.79 Å². The van der Waals surface area contributed by atoms with Crippen LogP contribution in [-0.4, -0.2) is 11.1 Å². The van der Waals surface area contributed by atoms with Crippen LogP contribution in [0, 0.1) is 0 Å². The van der Waals surface area contributed by atoms with E-state index in [0.29, 0.717) is 16.8 Å². The average Bonchev–Trinajstić information content (AvgIpc) is 2.79. The molecule has 0 fully saturated rings. The summed E-state index contributed by atoms with van der Waals surface area (Å²) in [5.41, 5.74) is 2.71. The van der Waals surface area contributed by atoms with Crippen molar-refractivity contribution in [3.63, 3.8) is 0 Å². The zero-order valence-corrected chi connectivity index (χ0v) is 13.9. The number of hydrogen-bond donors (Lipinski definition) is 2. The summed E-state index contributed by atoms with van der Waals surface area (Å²) in [7, 11) is 0. The molecule has 1 atom stereocenters. The van der Waals surface area contributed by atoms with E-state index in [2.05, 4.69) is 5.32 Å². The second-order valence-electron chi connectivity index (χ2n) is 6.04. The predicted molar refractivity (Wildman–Crippen MR) is 100 cm³/mol. The number of para-hydroxylation sites is 1. The Balaban J connectivity index is 1.85. The highest BCUT2D eigenvalue weighted by atomic mass is 16.7. The van der Waals surface area contributed by atoms with Crippen LogP contribution in [0.1, 0.15) is 16.7 Å². The molecule has 128 valence electrons. The monoisotopic (exact) mass is 343 g/mol. The van der Waals surface area contributed by atoms with Crippen molar-refractivity contribution in [1.82, 2.24) is 0 Å². The number of esters is 1. The van der Waals surface area contributed by atoms with Crippen LogP contribution in [0.2, 0.25) is 0 Å². The molecule has 26 heavy (non-hydrogen) atoms. The molecule has 1 aliphatic rings. The molecule has 3 aromatic rings. The summed E-state index contributed by atoms with van der Waals surface area (Å²) < 4.78 is 5.58. The predicted octanol–water partition coefficient (Wildman–Crippen LogP) is 3.89. The molecule has 3 aromatic carbocycles. The Kier molecular flexibility index (Phi) is 4.03. The molecule has 0 bridgehead atoms. The van der Waals surface area contributed by atoms with Crippen LogP contribution in [0.25, 0.3) is 6.08 Å². The first-order valence-electron chi connectivity index (χ1n) is 8.31. The van der Waals surface area contributed by atoms with Gasteiger partial charge >= 0.3 is 5.97 Å². The maximum absolute atomic E-state index is 12.8. The summed E-state index contributed by atoms with van der Waals surface area (Å²) in [6.07, 6.45) is 1.70. The minimum absolute atomic E-state index is 0.260. The van der Waals surface area contributed by atoms with Gasteiger partial charge in [-0.05, 0) is 23.8 Å². The van der Waals surface area contributed by atoms with E-state index < -0.39 is 11.8 Å². The molecule has 0 unspecified atom stereocenters. The lowest BCUT2D eigenvalue weighted by molar-refractivity contribution is -0.191. The fourth-order valence-corrected chi connectivity index (χ4v) is 3.02. The van der Waals surface area contributed by atoms with Gasteiger partial charge in [-0.2, -0.15) is 0 Å². The number of nitrogens with one attached hydrogen (secondary N) is 1. The summed E-state index contributed by atoms with van der Waals surface area (Å²) in [6, 6.07) is 25.6. The first-order valence-corrected chi connectivity index (χ1v) is 8.31. The Bertz CT molecular complexity index is 967. The van der Waals surface area contributed by atoms with E-state index in [1.165, 1.54) is 0 Å². The highest BCUT2D eigenvalue weighted by Crippen LogP contribution is 2.39. The lowest BCUT2D eigenvalue weighted by Gasteiger charge is -2.27. The topological polar surface area (TPSA) is 58.6 Å². The minimum atomic E-state index is -1.87. The first-order chi connectivity index (χ1) is 12.7.